The standard InChI is InChI=1S/C23H23N3O3S3/c24-13-16-15-7-2-1-3-9-18(15)31-22(16)26-20(27)14-29-21(28)11-6-12-30-23-25-17-8-4-5-10-19(17)32-23/h4-5,8,10H,1-3,6-7,9,11-12,14H2,(H,26,27). The third kappa shape index (κ3) is 5.68. The second-order valence-corrected chi connectivity index (χ2v) is 11.0. The van der Waals surface area contributed by atoms with Crippen LogP contribution in [0.3, 0.4) is 0 Å². The van der Waals surface area contributed by atoms with Crippen LogP contribution in [-0.4, -0.2) is 29.2 Å². The van der Waals surface area contributed by atoms with Crippen molar-refractivity contribution in [1.29, 1.82) is 5.26 Å². The minimum atomic E-state index is -0.407. The minimum Gasteiger partial charge on any atom is -0.456 e. The van der Waals surface area contributed by atoms with Crippen molar-refractivity contribution >= 4 is 61.5 Å². The highest BCUT2D eigenvalue weighted by Gasteiger charge is 2.21. The molecule has 1 aliphatic rings. The number of carbonyl (C=O) groups is 2. The zero-order valence-electron chi connectivity index (χ0n) is 17.5. The van der Waals surface area contributed by atoms with Gasteiger partial charge in [-0.05, 0) is 49.8 Å². The molecule has 0 saturated carbocycles. The molecule has 0 unspecified atom stereocenters. The molecule has 0 bridgehead atoms. The third-order valence-electron chi connectivity index (χ3n) is 5.18. The van der Waals surface area contributed by atoms with Crippen LogP contribution in [0, 0.1) is 11.3 Å². The zero-order chi connectivity index (χ0) is 22.3. The molecule has 4 rings (SSSR count). The molecule has 0 fully saturated rings. The lowest BCUT2D eigenvalue weighted by atomic mass is 10.1. The molecule has 2 heterocycles. The maximum absolute atomic E-state index is 12.3. The number of esters is 1. The van der Waals surface area contributed by atoms with Gasteiger partial charge < -0.3 is 10.1 Å². The lowest BCUT2D eigenvalue weighted by Crippen LogP contribution is -2.20. The van der Waals surface area contributed by atoms with E-state index in [1.807, 2.05) is 24.3 Å². The lowest BCUT2D eigenvalue weighted by Gasteiger charge is -2.06. The van der Waals surface area contributed by atoms with Crippen molar-refractivity contribution in [2.24, 2.45) is 0 Å². The number of hydrogen-bond donors (Lipinski definition) is 1. The smallest absolute Gasteiger partial charge is 0.306 e. The molecule has 0 aliphatic heterocycles. The van der Waals surface area contributed by atoms with E-state index in [0.29, 0.717) is 17.0 Å². The number of rotatable bonds is 8. The number of aryl methyl sites for hydroxylation is 1. The van der Waals surface area contributed by atoms with Gasteiger partial charge in [0.25, 0.3) is 5.91 Å². The molecule has 9 heteroatoms. The van der Waals surface area contributed by atoms with E-state index >= 15 is 0 Å². The molecule has 0 spiro atoms. The summed E-state index contributed by atoms with van der Waals surface area (Å²) < 4.78 is 7.26. The van der Waals surface area contributed by atoms with E-state index in [2.05, 4.69) is 16.4 Å². The van der Waals surface area contributed by atoms with Crippen LogP contribution < -0.4 is 5.32 Å². The maximum atomic E-state index is 12.3. The van der Waals surface area contributed by atoms with Crippen molar-refractivity contribution in [2.75, 3.05) is 17.7 Å². The van der Waals surface area contributed by atoms with E-state index in [4.69, 9.17) is 4.74 Å². The van der Waals surface area contributed by atoms with Crippen LogP contribution in [0.5, 0.6) is 0 Å². The van der Waals surface area contributed by atoms with E-state index in [0.717, 1.165) is 51.6 Å². The number of aromatic nitrogens is 1. The first-order chi connectivity index (χ1) is 15.6. The summed E-state index contributed by atoms with van der Waals surface area (Å²) in [5.74, 6) is -0.0458. The zero-order valence-corrected chi connectivity index (χ0v) is 20.0. The molecular formula is C23H23N3O3S3. The summed E-state index contributed by atoms with van der Waals surface area (Å²) in [4.78, 5) is 30.0. The summed E-state index contributed by atoms with van der Waals surface area (Å²) >= 11 is 4.75. The molecule has 2 aromatic heterocycles. The van der Waals surface area contributed by atoms with E-state index < -0.39 is 11.9 Å². The van der Waals surface area contributed by atoms with Crippen LogP contribution in [0.25, 0.3) is 10.2 Å². The normalized spacial score (nSPS) is 13.2. The number of ether oxygens (including phenoxy) is 1. The number of thiazole rings is 1. The van der Waals surface area contributed by atoms with Crippen LogP contribution in [0.4, 0.5) is 5.00 Å². The second kappa shape index (κ2) is 10.9. The number of benzene rings is 1. The van der Waals surface area contributed by atoms with Gasteiger partial charge in [0.05, 0.1) is 15.8 Å². The van der Waals surface area contributed by atoms with Crippen LogP contribution in [0.1, 0.15) is 48.1 Å². The Morgan fingerprint density at radius 3 is 2.88 bits per heavy atom. The van der Waals surface area contributed by atoms with Gasteiger partial charge >= 0.3 is 5.97 Å². The van der Waals surface area contributed by atoms with Crippen molar-refractivity contribution in [2.45, 2.75) is 49.3 Å². The molecule has 166 valence electrons. The quantitative estimate of drug-likeness (QED) is 0.195. The molecule has 6 nitrogen and oxygen atoms in total. The number of para-hydroxylation sites is 1. The van der Waals surface area contributed by atoms with Crippen molar-refractivity contribution in [1.82, 2.24) is 4.98 Å². The summed E-state index contributed by atoms with van der Waals surface area (Å²) in [6.07, 6.45) is 6.09. The molecular weight excluding hydrogens is 462 g/mol. The Balaban J connectivity index is 1.19. The third-order valence-corrected chi connectivity index (χ3v) is 8.65. The Morgan fingerprint density at radius 1 is 1.19 bits per heavy atom. The largest absolute Gasteiger partial charge is 0.456 e. The van der Waals surface area contributed by atoms with E-state index in [1.54, 1.807) is 23.1 Å². The number of nitrogens with one attached hydrogen (secondary N) is 1. The molecule has 1 N–H and O–H groups in total. The molecule has 0 atom stereocenters. The average molecular weight is 486 g/mol. The summed E-state index contributed by atoms with van der Waals surface area (Å²) in [7, 11) is 0. The van der Waals surface area contributed by atoms with Crippen LogP contribution in [0.2, 0.25) is 0 Å². The highest BCUT2D eigenvalue weighted by molar-refractivity contribution is 8.01. The summed E-state index contributed by atoms with van der Waals surface area (Å²) in [6, 6.07) is 10.2. The maximum Gasteiger partial charge on any atom is 0.306 e. The fourth-order valence-corrected chi connectivity index (χ4v) is 6.95. The number of hydrogen-bond acceptors (Lipinski definition) is 8. The molecule has 1 amide bonds. The highest BCUT2D eigenvalue weighted by Crippen LogP contribution is 2.37. The number of amides is 1. The number of carbonyl (C=O) groups excluding carboxylic acids is 2. The fraction of sp³-hybridized carbons (Fsp3) is 0.391. The van der Waals surface area contributed by atoms with Gasteiger partial charge in [-0.15, -0.1) is 22.7 Å². The van der Waals surface area contributed by atoms with Crippen LogP contribution in [0.15, 0.2) is 28.6 Å². The van der Waals surface area contributed by atoms with Gasteiger partial charge in [0.2, 0.25) is 0 Å². The molecule has 0 radical (unpaired) electrons. The van der Waals surface area contributed by atoms with Gasteiger partial charge in [-0.3, -0.25) is 9.59 Å². The van der Waals surface area contributed by atoms with Crippen molar-refractivity contribution in [3.63, 3.8) is 0 Å². The fourth-order valence-electron chi connectivity index (χ4n) is 3.62. The first-order valence-electron chi connectivity index (χ1n) is 10.6. The second-order valence-electron chi connectivity index (χ2n) is 7.49. The lowest BCUT2D eigenvalue weighted by molar-refractivity contribution is -0.147. The van der Waals surface area contributed by atoms with Crippen LogP contribution >= 0.6 is 34.4 Å². The summed E-state index contributed by atoms with van der Waals surface area (Å²) in [5, 5.41) is 12.9. The number of thioether (sulfide) groups is 1. The van der Waals surface area contributed by atoms with Gasteiger partial charge in [-0.2, -0.15) is 5.26 Å². The van der Waals surface area contributed by atoms with Gasteiger partial charge in [0.1, 0.15) is 11.1 Å². The monoisotopic (exact) mass is 485 g/mol. The minimum absolute atomic E-state index is 0.252. The first kappa shape index (κ1) is 22.8. The van der Waals surface area contributed by atoms with Crippen molar-refractivity contribution in [3.8, 4) is 6.07 Å². The Hall–Kier alpha value is -2.41. The van der Waals surface area contributed by atoms with Gasteiger partial charge in [-0.1, -0.05) is 30.3 Å². The predicted octanol–water partition coefficient (Wildman–Crippen LogP) is 5.55. The number of nitrogens with zero attached hydrogens (tertiary/aromatic N) is 2. The van der Waals surface area contributed by atoms with E-state index in [1.165, 1.54) is 22.6 Å². The molecule has 32 heavy (non-hydrogen) atoms. The molecule has 1 aliphatic carbocycles. The van der Waals surface area contributed by atoms with Gasteiger partial charge in [0, 0.05) is 17.1 Å². The van der Waals surface area contributed by atoms with Gasteiger partial charge in [0.15, 0.2) is 10.9 Å². The van der Waals surface area contributed by atoms with E-state index in [9.17, 15) is 14.9 Å². The Kier molecular flexibility index (Phi) is 7.79. The number of thiophene rings is 1. The molecule has 3 aromatic rings. The number of fused-ring (bicyclic) bond motifs is 2. The van der Waals surface area contributed by atoms with E-state index in [-0.39, 0.29) is 13.0 Å². The summed E-state index contributed by atoms with van der Waals surface area (Å²) in [5.41, 5.74) is 2.64. The topological polar surface area (TPSA) is 92.1 Å². The summed E-state index contributed by atoms with van der Waals surface area (Å²) in [6.45, 7) is -0.336. The first-order valence-corrected chi connectivity index (χ1v) is 13.2. The predicted molar refractivity (Wildman–Crippen MR) is 129 cm³/mol. The Morgan fingerprint density at radius 2 is 2.03 bits per heavy atom. The Bertz CT molecular complexity index is 1130. The SMILES string of the molecule is N#Cc1c(NC(=O)COC(=O)CCCSc2nc3ccccc3s2)sc2c1CCCCC2. The number of anilines is 1. The number of nitriles is 1. The Labute approximate surface area is 199 Å². The molecule has 0 saturated heterocycles. The average Bonchev–Trinajstić information content (AvgIpc) is 3.27. The van der Waals surface area contributed by atoms with Crippen LogP contribution in [-0.2, 0) is 27.2 Å². The van der Waals surface area contributed by atoms with Crippen molar-refractivity contribution in [3.05, 3.63) is 40.3 Å². The molecule has 1 aromatic carbocycles. The highest BCUT2D eigenvalue weighted by atomic mass is 32.2. The van der Waals surface area contributed by atoms with Crippen molar-refractivity contribution < 1.29 is 14.3 Å². The van der Waals surface area contributed by atoms with Gasteiger partial charge in [-0.25, -0.2) is 4.98 Å².